The standard InChI is InChI=1S/C28H26BrN5OS/c29-20-6-8-22(9-7-20)33-15-3-5-25(33)27-26(24-4-1-2-14-30-24)31-28(36)34(27)23-12-10-21(11-13-23)32-16-18-35-19-17-32/h1-15,26-27H,16-19H2,(H,31,36)/t26-,27+/m1/s1. The maximum atomic E-state index is 5.93. The number of hydrogen-bond acceptors (Lipinski definition) is 4. The number of rotatable bonds is 5. The molecule has 4 aromatic rings. The number of anilines is 2. The van der Waals surface area contributed by atoms with E-state index in [2.05, 4.69) is 114 Å². The van der Waals surface area contributed by atoms with Crippen molar-refractivity contribution in [3.8, 4) is 5.69 Å². The largest absolute Gasteiger partial charge is 0.378 e. The van der Waals surface area contributed by atoms with Gasteiger partial charge in [-0.2, -0.15) is 0 Å². The zero-order valence-electron chi connectivity index (χ0n) is 19.6. The fraction of sp³-hybridized carbons (Fsp3) is 0.214. The SMILES string of the molecule is S=C1N[C@H](c2ccccn2)[C@H](c2cccn2-c2ccc(Br)cc2)N1c1ccc(N2CCOCC2)cc1. The van der Waals surface area contributed by atoms with Crippen LogP contribution in [-0.4, -0.2) is 41.0 Å². The van der Waals surface area contributed by atoms with Crippen molar-refractivity contribution in [1.82, 2.24) is 14.9 Å². The van der Waals surface area contributed by atoms with Crippen molar-refractivity contribution in [3.63, 3.8) is 0 Å². The van der Waals surface area contributed by atoms with Gasteiger partial charge >= 0.3 is 0 Å². The summed E-state index contributed by atoms with van der Waals surface area (Å²) in [6.45, 7) is 3.35. The molecule has 0 unspecified atom stereocenters. The zero-order chi connectivity index (χ0) is 24.5. The number of pyridine rings is 1. The zero-order valence-corrected chi connectivity index (χ0v) is 22.0. The fourth-order valence-electron chi connectivity index (χ4n) is 5.05. The van der Waals surface area contributed by atoms with Crippen LogP contribution in [0.2, 0.25) is 0 Å². The molecule has 2 aromatic heterocycles. The quantitative estimate of drug-likeness (QED) is 0.319. The molecule has 182 valence electrons. The van der Waals surface area contributed by atoms with Gasteiger partial charge in [-0.1, -0.05) is 22.0 Å². The lowest BCUT2D eigenvalue weighted by molar-refractivity contribution is 0.122. The van der Waals surface area contributed by atoms with Gasteiger partial charge in [-0.25, -0.2) is 0 Å². The molecule has 2 aromatic carbocycles. The molecule has 0 aliphatic carbocycles. The Labute approximate surface area is 224 Å². The highest BCUT2D eigenvalue weighted by Gasteiger charge is 2.42. The third kappa shape index (κ3) is 4.40. The van der Waals surface area contributed by atoms with E-state index >= 15 is 0 Å². The van der Waals surface area contributed by atoms with Crippen LogP contribution >= 0.6 is 28.1 Å². The minimum absolute atomic E-state index is 0.0831. The highest BCUT2D eigenvalue weighted by Crippen LogP contribution is 2.42. The number of hydrogen-bond donors (Lipinski definition) is 1. The summed E-state index contributed by atoms with van der Waals surface area (Å²) in [7, 11) is 0. The van der Waals surface area contributed by atoms with Crippen molar-refractivity contribution in [3.05, 3.63) is 107 Å². The molecule has 1 N–H and O–H groups in total. The highest BCUT2D eigenvalue weighted by atomic mass is 79.9. The third-order valence-corrected chi connectivity index (χ3v) is 7.63. The minimum Gasteiger partial charge on any atom is -0.378 e. The van der Waals surface area contributed by atoms with Gasteiger partial charge in [0, 0.05) is 52.7 Å². The summed E-state index contributed by atoms with van der Waals surface area (Å²) in [4.78, 5) is 9.28. The Balaban J connectivity index is 1.41. The predicted molar refractivity (Wildman–Crippen MR) is 151 cm³/mol. The summed E-state index contributed by atoms with van der Waals surface area (Å²) < 4.78 is 8.80. The minimum atomic E-state index is -0.0956. The predicted octanol–water partition coefficient (Wildman–Crippen LogP) is 5.65. The maximum absolute atomic E-state index is 5.93. The smallest absolute Gasteiger partial charge is 0.174 e. The first-order valence-corrected chi connectivity index (χ1v) is 13.3. The first-order valence-electron chi connectivity index (χ1n) is 12.1. The summed E-state index contributed by atoms with van der Waals surface area (Å²) >= 11 is 9.48. The van der Waals surface area contributed by atoms with Crippen LogP contribution < -0.4 is 15.1 Å². The van der Waals surface area contributed by atoms with E-state index in [1.807, 2.05) is 18.3 Å². The molecule has 2 atom stereocenters. The van der Waals surface area contributed by atoms with Crippen LogP contribution in [-0.2, 0) is 4.74 Å². The second kappa shape index (κ2) is 10.0. The van der Waals surface area contributed by atoms with Gasteiger partial charge in [0.25, 0.3) is 0 Å². The van der Waals surface area contributed by atoms with Crippen molar-refractivity contribution in [1.29, 1.82) is 0 Å². The van der Waals surface area contributed by atoms with Gasteiger partial charge in [-0.05, 0) is 85.0 Å². The monoisotopic (exact) mass is 559 g/mol. The van der Waals surface area contributed by atoms with Gasteiger partial charge in [0.1, 0.15) is 6.04 Å². The van der Waals surface area contributed by atoms with Crippen molar-refractivity contribution in [2.24, 2.45) is 0 Å². The molecule has 4 heterocycles. The van der Waals surface area contributed by atoms with E-state index in [4.69, 9.17) is 17.0 Å². The van der Waals surface area contributed by atoms with E-state index in [0.717, 1.165) is 53.5 Å². The molecule has 8 heteroatoms. The van der Waals surface area contributed by atoms with Crippen LogP contribution in [0.15, 0.2) is 95.7 Å². The molecule has 2 aliphatic heterocycles. The molecule has 0 bridgehead atoms. The van der Waals surface area contributed by atoms with E-state index in [-0.39, 0.29) is 12.1 Å². The lowest BCUT2D eigenvalue weighted by Gasteiger charge is -2.31. The topological polar surface area (TPSA) is 45.6 Å². The number of nitrogens with zero attached hydrogens (tertiary/aromatic N) is 4. The first-order chi connectivity index (χ1) is 17.7. The van der Waals surface area contributed by atoms with E-state index in [1.54, 1.807) is 0 Å². The Hall–Kier alpha value is -3.20. The average Bonchev–Trinajstić information content (AvgIpc) is 3.54. The lowest BCUT2D eigenvalue weighted by Crippen LogP contribution is -2.36. The van der Waals surface area contributed by atoms with Gasteiger partial charge in [-0.3, -0.25) is 4.98 Å². The van der Waals surface area contributed by atoms with E-state index in [1.165, 1.54) is 5.69 Å². The Morgan fingerprint density at radius 1 is 0.861 bits per heavy atom. The third-order valence-electron chi connectivity index (χ3n) is 6.79. The van der Waals surface area contributed by atoms with Gasteiger partial charge in [0.05, 0.1) is 24.9 Å². The van der Waals surface area contributed by atoms with E-state index in [0.29, 0.717) is 5.11 Å². The van der Waals surface area contributed by atoms with Gasteiger partial charge in [0.2, 0.25) is 0 Å². The molecule has 0 radical (unpaired) electrons. The molecule has 2 fully saturated rings. The van der Waals surface area contributed by atoms with Crippen LogP contribution in [0.3, 0.4) is 0 Å². The lowest BCUT2D eigenvalue weighted by atomic mass is 10.0. The molecule has 0 amide bonds. The molecule has 2 saturated heterocycles. The van der Waals surface area contributed by atoms with Gasteiger partial charge in [-0.15, -0.1) is 0 Å². The number of aromatic nitrogens is 2. The highest BCUT2D eigenvalue weighted by molar-refractivity contribution is 9.10. The summed E-state index contributed by atoms with van der Waals surface area (Å²) in [5.41, 5.74) is 5.45. The number of thiocarbonyl (C=S) groups is 1. The number of morpholine rings is 1. The molecule has 0 saturated carbocycles. The van der Waals surface area contributed by atoms with Crippen molar-refractivity contribution in [2.45, 2.75) is 12.1 Å². The van der Waals surface area contributed by atoms with Crippen LogP contribution in [0.1, 0.15) is 23.5 Å². The molecule has 0 spiro atoms. The average molecular weight is 561 g/mol. The number of halogens is 1. The second-order valence-corrected chi connectivity index (χ2v) is 10.2. The van der Waals surface area contributed by atoms with Crippen molar-refractivity contribution >= 4 is 44.6 Å². The molecule has 6 rings (SSSR count). The number of ether oxygens (including phenoxy) is 1. The Morgan fingerprint density at radius 2 is 1.58 bits per heavy atom. The van der Waals surface area contributed by atoms with Gasteiger partial charge < -0.3 is 24.4 Å². The Bertz CT molecular complexity index is 1340. The van der Waals surface area contributed by atoms with Crippen molar-refractivity contribution < 1.29 is 4.74 Å². The van der Waals surface area contributed by atoms with Crippen LogP contribution in [0, 0.1) is 0 Å². The van der Waals surface area contributed by atoms with Crippen LogP contribution in [0.5, 0.6) is 0 Å². The Kier molecular flexibility index (Phi) is 6.48. The normalized spacial score (nSPS) is 20.0. The van der Waals surface area contributed by atoms with Crippen LogP contribution in [0.4, 0.5) is 11.4 Å². The molecule has 6 nitrogen and oxygen atoms in total. The maximum Gasteiger partial charge on any atom is 0.174 e. The second-order valence-electron chi connectivity index (χ2n) is 8.89. The molecule has 36 heavy (non-hydrogen) atoms. The fourth-order valence-corrected chi connectivity index (χ4v) is 5.66. The molecular formula is C28H26BrN5OS. The molecule has 2 aliphatic rings. The van der Waals surface area contributed by atoms with E-state index in [9.17, 15) is 0 Å². The molecular weight excluding hydrogens is 534 g/mol. The summed E-state index contributed by atoms with van der Waals surface area (Å²) in [6, 6.07) is 27.2. The first kappa shape index (κ1) is 23.2. The Morgan fingerprint density at radius 3 is 2.31 bits per heavy atom. The summed E-state index contributed by atoms with van der Waals surface area (Å²) in [6.07, 6.45) is 3.94. The van der Waals surface area contributed by atoms with E-state index < -0.39 is 0 Å². The number of nitrogens with one attached hydrogen (secondary N) is 1. The van der Waals surface area contributed by atoms with Gasteiger partial charge in [0.15, 0.2) is 5.11 Å². The summed E-state index contributed by atoms with van der Waals surface area (Å²) in [5.74, 6) is 0. The van der Waals surface area contributed by atoms with Crippen LogP contribution in [0.25, 0.3) is 5.69 Å². The number of benzene rings is 2. The summed E-state index contributed by atoms with van der Waals surface area (Å²) in [5, 5.41) is 4.26. The van der Waals surface area contributed by atoms with Crippen molar-refractivity contribution in [2.75, 3.05) is 36.1 Å².